The van der Waals surface area contributed by atoms with Gasteiger partial charge in [0.15, 0.2) is 0 Å². The van der Waals surface area contributed by atoms with Crippen molar-refractivity contribution in [2.75, 3.05) is 4.90 Å². The van der Waals surface area contributed by atoms with E-state index in [1.165, 1.54) is 67.0 Å². The van der Waals surface area contributed by atoms with Gasteiger partial charge in [0.1, 0.15) is 0 Å². The van der Waals surface area contributed by atoms with Crippen LogP contribution in [0, 0.1) is 12.8 Å². The second kappa shape index (κ2) is 9.33. The number of benzene rings is 4. The van der Waals surface area contributed by atoms with Gasteiger partial charge in [-0.2, -0.15) is 0 Å². The van der Waals surface area contributed by atoms with Gasteiger partial charge in [-0.1, -0.05) is 111 Å². The van der Waals surface area contributed by atoms with E-state index in [4.69, 9.17) is 0 Å². The lowest BCUT2D eigenvalue weighted by Crippen LogP contribution is -2.29. The van der Waals surface area contributed by atoms with E-state index in [9.17, 15) is 0 Å². The fourth-order valence-electron chi connectivity index (χ4n) is 8.05. The van der Waals surface area contributed by atoms with E-state index >= 15 is 0 Å². The average Bonchev–Trinajstić information content (AvgIpc) is 3.46. The molecule has 1 heteroatoms. The smallest absolute Gasteiger partial charge is 0.0629 e. The first-order chi connectivity index (χ1) is 20.4. The van der Waals surface area contributed by atoms with Crippen molar-refractivity contribution in [3.05, 3.63) is 160 Å². The van der Waals surface area contributed by atoms with Crippen LogP contribution in [0.25, 0.3) is 16.7 Å². The lowest BCUT2D eigenvalue weighted by Gasteiger charge is -2.32. The number of nitrogens with zero attached hydrogens (tertiary/aromatic N) is 1. The molecule has 0 saturated carbocycles. The van der Waals surface area contributed by atoms with Crippen LogP contribution < -0.4 is 4.90 Å². The molecule has 0 spiro atoms. The van der Waals surface area contributed by atoms with Crippen LogP contribution in [0.3, 0.4) is 0 Å². The van der Waals surface area contributed by atoms with Crippen molar-refractivity contribution in [3.63, 3.8) is 0 Å². The Labute approximate surface area is 250 Å². The van der Waals surface area contributed by atoms with Crippen molar-refractivity contribution < 1.29 is 0 Å². The van der Waals surface area contributed by atoms with Gasteiger partial charge >= 0.3 is 0 Å². The van der Waals surface area contributed by atoms with Gasteiger partial charge in [-0.15, -0.1) is 0 Å². The molecule has 3 unspecified atom stereocenters. The Morgan fingerprint density at radius 2 is 1.48 bits per heavy atom. The summed E-state index contributed by atoms with van der Waals surface area (Å²) >= 11 is 0. The zero-order chi connectivity index (χ0) is 28.6. The standard InChI is InChI=1S/C41H37N/c1-26-18-19-28(23-33(26)34-25-35-31-14-8-10-16-37(31)41(3,4)38(35)22-27(34)2)29-20-21-40-36(24-29)32-15-9-11-17-39(32)42(40)30-12-6-5-7-13-30/h5-22,24-25,28,36,40H,23H2,1-4H3. The summed E-state index contributed by atoms with van der Waals surface area (Å²) in [5.41, 5.74) is 16.9. The van der Waals surface area contributed by atoms with Gasteiger partial charge in [-0.25, -0.2) is 0 Å². The van der Waals surface area contributed by atoms with Gasteiger partial charge in [0, 0.05) is 28.6 Å². The number of hydrogen-bond donors (Lipinski definition) is 0. The van der Waals surface area contributed by atoms with Crippen LogP contribution in [-0.4, -0.2) is 6.04 Å². The molecule has 4 aromatic rings. The van der Waals surface area contributed by atoms with Crippen LogP contribution in [0.1, 0.15) is 60.9 Å². The third kappa shape index (κ3) is 3.69. The minimum absolute atomic E-state index is 0.0348. The molecule has 1 nitrogen and oxygen atoms in total. The van der Waals surface area contributed by atoms with Crippen LogP contribution in [0.5, 0.6) is 0 Å². The number of rotatable bonds is 3. The molecule has 3 aliphatic carbocycles. The fraction of sp³-hybridized carbons (Fsp3) is 0.220. The van der Waals surface area contributed by atoms with E-state index in [0.717, 1.165) is 6.42 Å². The number of anilines is 2. The molecule has 1 aliphatic heterocycles. The van der Waals surface area contributed by atoms with Gasteiger partial charge < -0.3 is 4.90 Å². The first-order valence-corrected chi connectivity index (χ1v) is 15.4. The van der Waals surface area contributed by atoms with E-state index < -0.39 is 0 Å². The van der Waals surface area contributed by atoms with Crippen LogP contribution in [0.4, 0.5) is 11.4 Å². The SMILES string of the molecule is CC1=C(c2cc3c(cc2C)C(C)(C)c2ccccc2-3)CC(C2=CC3c4ccccc4N(c4ccccc4)C3C=C2)C=C1. The molecule has 0 aromatic heterocycles. The highest BCUT2D eigenvalue weighted by atomic mass is 15.2. The molecule has 0 radical (unpaired) electrons. The Balaban J connectivity index is 1.14. The molecule has 4 aromatic carbocycles. The maximum atomic E-state index is 2.56. The predicted octanol–water partition coefficient (Wildman–Crippen LogP) is 10.5. The molecule has 0 bridgehead atoms. The Kier molecular flexibility index (Phi) is 5.63. The van der Waals surface area contributed by atoms with Crippen molar-refractivity contribution in [1.82, 2.24) is 0 Å². The Bertz CT molecular complexity index is 1860. The largest absolute Gasteiger partial charge is 0.333 e. The van der Waals surface area contributed by atoms with Crippen molar-refractivity contribution in [3.8, 4) is 11.1 Å². The number of fused-ring (bicyclic) bond motifs is 6. The summed E-state index contributed by atoms with van der Waals surface area (Å²) in [6.45, 7) is 9.34. The van der Waals surface area contributed by atoms with Gasteiger partial charge in [0.25, 0.3) is 0 Å². The molecule has 42 heavy (non-hydrogen) atoms. The van der Waals surface area contributed by atoms with Crippen molar-refractivity contribution in [2.45, 2.75) is 51.5 Å². The van der Waals surface area contributed by atoms with Crippen molar-refractivity contribution in [1.29, 1.82) is 0 Å². The van der Waals surface area contributed by atoms with E-state index in [1.54, 1.807) is 0 Å². The summed E-state index contributed by atoms with van der Waals surface area (Å²) in [5.74, 6) is 0.723. The molecule has 0 fully saturated rings. The second-order valence-electron chi connectivity index (χ2n) is 13.0. The predicted molar refractivity (Wildman–Crippen MR) is 177 cm³/mol. The van der Waals surface area contributed by atoms with Gasteiger partial charge in [0.2, 0.25) is 0 Å². The molecule has 206 valence electrons. The summed E-state index contributed by atoms with van der Waals surface area (Å²) in [7, 11) is 0. The molecule has 0 N–H and O–H groups in total. The second-order valence-corrected chi connectivity index (χ2v) is 13.0. The average molecular weight is 544 g/mol. The van der Waals surface area contributed by atoms with Crippen LogP contribution >= 0.6 is 0 Å². The van der Waals surface area contributed by atoms with Crippen molar-refractivity contribution in [2.24, 2.45) is 5.92 Å². The summed E-state index contributed by atoms with van der Waals surface area (Å²) in [4.78, 5) is 2.52. The normalized spacial score (nSPS) is 22.9. The van der Waals surface area contributed by atoms with E-state index in [-0.39, 0.29) is 5.41 Å². The molecule has 1 heterocycles. The first kappa shape index (κ1) is 25.4. The lowest BCUT2D eigenvalue weighted by atomic mass is 9.76. The third-order valence-corrected chi connectivity index (χ3v) is 10.3. The minimum Gasteiger partial charge on any atom is -0.333 e. The fourth-order valence-corrected chi connectivity index (χ4v) is 8.05. The van der Waals surface area contributed by atoms with Crippen LogP contribution in [0.15, 0.2) is 133 Å². The van der Waals surface area contributed by atoms with Crippen LogP contribution in [0.2, 0.25) is 0 Å². The van der Waals surface area contributed by atoms with Crippen molar-refractivity contribution >= 4 is 16.9 Å². The number of aryl methyl sites for hydroxylation is 1. The van der Waals surface area contributed by atoms with Gasteiger partial charge in [0.05, 0.1) is 6.04 Å². The number of allylic oxidation sites excluding steroid dienone is 6. The molecule has 0 saturated heterocycles. The van der Waals surface area contributed by atoms with Crippen LogP contribution in [-0.2, 0) is 5.41 Å². The summed E-state index contributed by atoms with van der Waals surface area (Å²) in [5, 5.41) is 0. The zero-order valence-corrected chi connectivity index (χ0v) is 24.9. The lowest BCUT2D eigenvalue weighted by molar-refractivity contribution is 0.659. The first-order valence-electron chi connectivity index (χ1n) is 15.4. The monoisotopic (exact) mass is 543 g/mol. The highest BCUT2D eigenvalue weighted by Gasteiger charge is 2.39. The third-order valence-electron chi connectivity index (χ3n) is 10.3. The highest BCUT2D eigenvalue weighted by Crippen LogP contribution is 2.52. The maximum absolute atomic E-state index is 2.56. The Hall–Kier alpha value is -4.36. The molecule has 3 atom stereocenters. The maximum Gasteiger partial charge on any atom is 0.0629 e. The summed E-state index contributed by atoms with van der Waals surface area (Å²) < 4.78 is 0. The topological polar surface area (TPSA) is 3.24 Å². The van der Waals surface area contributed by atoms with Gasteiger partial charge in [-0.3, -0.25) is 0 Å². The zero-order valence-electron chi connectivity index (χ0n) is 24.9. The molecular formula is C41H37N. The number of hydrogen-bond acceptors (Lipinski definition) is 1. The molecule has 4 aliphatic rings. The quantitative estimate of drug-likeness (QED) is 0.248. The Morgan fingerprint density at radius 1 is 0.714 bits per heavy atom. The molecular weight excluding hydrogens is 506 g/mol. The molecule has 0 amide bonds. The number of para-hydroxylation sites is 2. The van der Waals surface area contributed by atoms with E-state index in [2.05, 4.69) is 154 Å². The Morgan fingerprint density at radius 3 is 2.33 bits per heavy atom. The van der Waals surface area contributed by atoms with E-state index in [0.29, 0.717) is 17.9 Å². The minimum atomic E-state index is 0.0348. The molecule has 8 rings (SSSR count). The summed E-state index contributed by atoms with van der Waals surface area (Å²) in [6.07, 6.45) is 13.3. The van der Waals surface area contributed by atoms with E-state index in [1.807, 2.05) is 0 Å². The summed E-state index contributed by atoms with van der Waals surface area (Å²) in [6, 6.07) is 34.1. The highest BCUT2D eigenvalue weighted by molar-refractivity contribution is 5.86. The van der Waals surface area contributed by atoms with Gasteiger partial charge in [-0.05, 0) is 100 Å².